The molecule has 17 heavy (non-hydrogen) atoms. The van der Waals surface area contributed by atoms with Crippen molar-refractivity contribution in [1.29, 1.82) is 0 Å². The van der Waals surface area contributed by atoms with E-state index in [2.05, 4.69) is 31.0 Å². The predicted molar refractivity (Wildman–Crippen MR) is 73.5 cm³/mol. The number of ether oxygens (including phenoxy) is 1. The Kier molecular flexibility index (Phi) is 7.82. The van der Waals surface area contributed by atoms with Gasteiger partial charge in [-0.15, -0.1) is 0 Å². The molecular weight excluding hydrogens is 212 g/mol. The molecule has 3 nitrogen and oxygen atoms in total. The highest BCUT2D eigenvalue weighted by Crippen LogP contribution is 2.17. The van der Waals surface area contributed by atoms with Gasteiger partial charge in [-0.3, -0.25) is 0 Å². The summed E-state index contributed by atoms with van der Waals surface area (Å²) in [5.41, 5.74) is 0. The Morgan fingerprint density at radius 1 is 1.29 bits per heavy atom. The van der Waals surface area contributed by atoms with Crippen molar-refractivity contribution in [3.63, 3.8) is 0 Å². The number of nitrogens with one attached hydrogen (secondary N) is 1. The Balaban J connectivity index is 2.10. The Morgan fingerprint density at radius 3 is 2.76 bits per heavy atom. The van der Waals surface area contributed by atoms with Crippen LogP contribution in [0, 0.1) is 0 Å². The lowest BCUT2D eigenvalue weighted by atomic mass is 9.98. The largest absolute Gasteiger partial charge is 0.381 e. The lowest BCUT2D eigenvalue weighted by Crippen LogP contribution is -2.47. The van der Waals surface area contributed by atoms with E-state index in [1.54, 1.807) is 0 Å². The lowest BCUT2D eigenvalue weighted by Gasteiger charge is -2.38. The molecule has 102 valence electrons. The molecular formula is C14H30N2O. The summed E-state index contributed by atoms with van der Waals surface area (Å²) in [6.45, 7) is 12.1. The summed E-state index contributed by atoms with van der Waals surface area (Å²) >= 11 is 0. The van der Waals surface area contributed by atoms with Crippen molar-refractivity contribution in [2.24, 2.45) is 0 Å². The molecule has 1 saturated heterocycles. The fourth-order valence-corrected chi connectivity index (χ4v) is 2.64. The Bertz CT molecular complexity index is 187. The van der Waals surface area contributed by atoms with Crippen LogP contribution < -0.4 is 5.32 Å². The minimum Gasteiger partial charge on any atom is -0.381 e. The van der Waals surface area contributed by atoms with Crippen LogP contribution in [0.1, 0.15) is 46.5 Å². The Hall–Kier alpha value is -0.120. The van der Waals surface area contributed by atoms with E-state index in [0.29, 0.717) is 0 Å². The van der Waals surface area contributed by atoms with Crippen molar-refractivity contribution in [3.05, 3.63) is 0 Å². The van der Waals surface area contributed by atoms with E-state index in [-0.39, 0.29) is 0 Å². The molecule has 0 amide bonds. The van der Waals surface area contributed by atoms with Crippen molar-refractivity contribution in [2.75, 3.05) is 32.8 Å². The maximum Gasteiger partial charge on any atom is 0.0478 e. The van der Waals surface area contributed by atoms with Crippen LogP contribution in [0.25, 0.3) is 0 Å². The zero-order valence-electron chi connectivity index (χ0n) is 11.9. The van der Waals surface area contributed by atoms with Gasteiger partial charge < -0.3 is 15.0 Å². The second kappa shape index (κ2) is 8.90. The molecule has 0 bridgehead atoms. The van der Waals surface area contributed by atoms with Gasteiger partial charge in [0.2, 0.25) is 0 Å². The number of nitrogens with zero attached hydrogens (tertiary/aromatic N) is 1. The van der Waals surface area contributed by atoms with E-state index in [1.807, 2.05) is 0 Å². The predicted octanol–water partition coefficient (Wildman–Crippen LogP) is 2.27. The minimum atomic E-state index is 0.721. The van der Waals surface area contributed by atoms with Gasteiger partial charge in [0.1, 0.15) is 0 Å². The van der Waals surface area contributed by atoms with E-state index >= 15 is 0 Å². The smallest absolute Gasteiger partial charge is 0.0478 e. The molecule has 1 fully saturated rings. The van der Waals surface area contributed by atoms with Gasteiger partial charge in [0, 0.05) is 31.8 Å². The molecule has 2 atom stereocenters. The molecule has 1 rings (SSSR count). The zero-order valence-corrected chi connectivity index (χ0v) is 11.9. The van der Waals surface area contributed by atoms with Crippen LogP contribution in [0.4, 0.5) is 0 Å². The fourth-order valence-electron chi connectivity index (χ4n) is 2.64. The van der Waals surface area contributed by atoms with E-state index < -0.39 is 0 Å². The molecule has 0 saturated carbocycles. The molecule has 2 unspecified atom stereocenters. The quantitative estimate of drug-likeness (QED) is 0.661. The topological polar surface area (TPSA) is 24.5 Å². The van der Waals surface area contributed by atoms with Crippen molar-refractivity contribution in [1.82, 2.24) is 10.2 Å². The molecule has 0 radical (unpaired) electrons. The van der Waals surface area contributed by atoms with E-state index in [9.17, 15) is 0 Å². The first-order valence-electron chi connectivity index (χ1n) is 7.33. The molecule has 0 aromatic rings. The van der Waals surface area contributed by atoms with Gasteiger partial charge in [-0.2, -0.15) is 0 Å². The summed E-state index contributed by atoms with van der Waals surface area (Å²) < 4.78 is 5.53. The van der Waals surface area contributed by atoms with Gasteiger partial charge in [0.05, 0.1) is 0 Å². The van der Waals surface area contributed by atoms with Crippen LogP contribution in [-0.2, 0) is 4.74 Å². The molecule has 1 heterocycles. The minimum absolute atomic E-state index is 0.721. The summed E-state index contributed by atoms with van der Waals surface area (Å²) in [6, 6.07) is 1.46. The maximum absolute atomic E-state index is 5.53. The second-order valence-electron chi connectivity index (χ2n) is 5.13. The molecule has 0 aromatic heterocycles. The molecule has 0 spiro atoms. The van der Waals surface area contributed by atoms with Crippen LogP contribution in [-0.4, -0.2) is 49.8 Å². The second-order valence-corrected chi connectivity index (χ2v) is 5.13. The van der Waals surface area contributed by atoms with Crippen LogP contribution in [0.15, 0.2) is 0 Å². The summed E-state index contributed by atoms with van der Waals surface area (Å²) in [4.78, 5) is 2.61. The number of rotatable bonds is 8. The summed E-state index contributed by atoms with van der Waals surface area (Å²) in [5, 5.41) is 3.57. The average molecular weight is 242 g/mol. The fraction of sp³-hybridized carbons (Fsp3) is 1.00. The standard InChI is InChI=1S/C14H30N2O/c1-4-10-17-11-6-8-16-9-7-14(15-5-2)12-13(16)3/h13-15H,4-12H2,1-3H3. The molecule has 1 N–H and O–H groups in total. The number of piperidine rings is 1. The van der Waals surface area contributed by atoms with E-state index in [4.69, 9.17) is 4.74 Å². The number of likely N-dealkylation sites (tertiary alicyclic amines) is 1. The first-order chi connectivity index (χ1) is 8.27. The third-order valence-electron chi connectivity index (χ3n) is 3.59. The van der Waals surface area contributed by atoms with Crippen LogP contribution in [0.3, 0.4) is 0 Å². The van der Waals surface area contributed by atoms with Gasteiger partial charge >= 0.3 is 0 Å². The number of hydrogen-bond donors (Lipinski definition) is 1. The average Bonchev–Trinajstić information content (AvgIpc) is 2.32. The van der Waals surface area contributed by atoms with Gasteiger partial charge in [-0.1, -0.05) is 13.8 Å². The van der Waals surface area contributed by atoms with Gasteiger partial charge in [-0.05, 0) is 45.7 Å². The highest BCUT2D eigenvalue weighted by atomic mass is 16.5. The third kappa shape index (κ3) is 5.84. The van der Waals surface area contributed by atoms with E-state index in [0.717, 1.165) is 38.3 Å². The maximum atomic E-state index is 5.53. The highest BCUT2D eigenvalue weighted by molar-refractivity contribution is 4.82. The third-order valence-corrected chi connectivity index (χ3v) is 3.59. The molecule has 3 heteroatoms. The summed E-state index contributed by atoms with van der Waals surface area (Å²) in [5.74, 6) is 0. The molecule has 1 aliphatic heterocycles. The van der Waals surface area contributed by atoms with Crippen molar-refractivity contribution < 1.29 is 4.74 Å². The molecule has 1 aliphatic rings. The molecule has 0 aliphatic carbocycles. The van der Waals surface area contributed by atoms with E-state index in [1.165, 1.54) is 32.4 Å². The first-order valence-corrected chi connectivity index (χ1v) is 7.33. The van der Waals surface area contributed by atoms with Crippen LogP contribution >= 0.6 is 0 Å². The van der Waals surface area contributed by atoms with Crippen LogP contribution in [0.2, 0.25) is 0 Å². The summed E-state index contributed by atoms with van der Waals surface area (Å²) in [7, 11) is 0. The monoisotopic (exact) mass is 242 g/mol. The lowest BCUT2D eigenvalue weighted by molar-refractivity contribution is 0.0961. The number of hydrogen-bond acceptors (Lipinski definition) is 3. The highest BCUT2D eigenvalue weighted by Gasteiger charge is 2.23. The Labute approximate surface area is 107 Å². The SMILES string of the molecule is CCCOCCCN1CCC(NCC)CC1C. The zero-order chi connectivity index (χ0) is 12.5. The van der Waals surface area contributed by atoms with Crippen molar-refractivity contribution in [2.45, 2.75) is 58.5 Å². The first kappa shape index (κ1) is 14.9. The van der Waals surface area contributed by atoms with Crippen molar-refractivity contribution >= 4 is 0 Å². The van der Waals surface area contributed by atoms with Crippen LogP contribution in [0.5, 0.6) is 0 Å². The Morgan fingerprint density at radius 2 is 2.12 bits per heavy atom. The normalized spacial score (nSPS) is 26.3. The molecule has 0 aromatic carbocycles. The van der Waals surface area contributed by atoms with Gasteiger partial charge in [0.25, 0.3) is 0 Å². The summed E-state index contributed by atoms with van der Waals surface area (Å²) in [6.07, 6.45) is 4.90. The van der Waals surface area contributed by atoms with Gasteiger partial charge in [0.15, 0.2) is 0 Å². The van der Waals surface area contributed by atoms with Gasteiger partial charge in [-0.25, -0.2) is 0 Å². The van der Waals surface area contributed by atoms with Crippen molar-refractivity contribution in [3.8, 4) is 0 Å².